The van der Waals surface area contributed by atoms with Crippen LogP contribution in [0.2, 0.25) is 0 Å². The summed E-state index contributed by atoms with van der Waals surface area (Å²) >= 11 is 0. The maximum absolute atomic E-state index is 11.8. The van der Waals surface area contributed by atoms with Crippen molar-refractivity contribution in [2.24, 2.45) is 17.8 Å². The van der Waals surface area contributed by atoms with Crippen molar-refractivity contribution in [1.82, 2.24) is 9.80 Å². The number of nitrogens with zero attached hydrogens (tertiary/aromatic N) is 2. The maximum atomic E-state index is 11.8. The number of rotatable bonds is 8. The van der Waals surface area contributed by atoms with Gasteiger partial charge in [0.05, 0.1) is 0 Å². The lowest BCUT2D eigenvalue weighted by Gasteiger charge is -2.31. The van der Waals surface area contributed by atoms with Gasteiger partial charge in [0, 0.05) is 37.0 Å². The van der Waals surface area contributed by atoms with Crippen molar-refractivity contribution in [2.45, 2.75) is 108 Å². The number of carbonyl (C=O) groups is 2. The van der Waals surface area contributed by atoms with Gasteiger partial charge in [-0.1, -0.05) is 41.5 Å². The van der Waals surface area contributed by atoms with E-state index in [1.807, 2.05) is 23.6 Å². The van der Waals surface area contributed by atoms with Crippen molar-refractivity contribution in [3.63, 3.8) is 0 Å². The monoisotopic (exact) mass is 370 g/mol. The van der Waals surface area contributed by atoms with E-state index in [-0.39, 0.29) is 17.7 Å². The van der Waals surface area contributed by atoms with E-state index >= 15 is 0 Å². The SMILES string of the molecule is CC(C)CC(=O)N(C(C)C)C(C)C.CC(C)CN(C(=O)C(C)C)C(C)C. The Labute approximate surface area is 163 Å². The molecule has 0 saturated heterocycles. The predicted octanol–water partition coefficient (Wildman–Crippen LogP) is 5.21. The normalized spacial score (nSPS) is 11.5. The van der Waals surface area contributed by atoms with Gasteiger partial charge in [-0.3, -0.25) is 9.59 Å². The van der Waals surface area contributed by atoms with Crippen LogP contribution in [0.15, 0.2) is 0 Å². The summed E-state index contributed by atoms with van der Waals surface area (Å²) in [4.78, 5) is 27.4. The van der Waals surface area contributed by atoms with Gasteiger partial charge in [0.1, 0.15) is 0 Å². The lowest BCUT2D eigenvalue weighted by Crippen LogP contribution is -2.42. The Morgan fingerprint density at radius 1 is 0.654 bits per heavy atom. The van der Waals surface area contributed by atoms with Crippen LogP contribution in [0.5, 0.6) is 0 Å². The van der Waals surface area contributed by atoms with Crippen molar-refractivity contribution < 1.29 is 9.59 Å². The van der Waals surface area contributed by atoms with E-state index in [2.05, 4.69) is 69.2 Å². The van der Waals surface area contributed by atoms with Gasteiger partial charge in [-0.15, -0.1) is 0 Å². The first-order chi connectivity index (χ1) is 11.7. The summed E-state index contributed by atoms with van der Waals surface area (Å²) in [6.45, 7) is 25.6. The molecule has 4 heteroatoms. The molecule has 4 nitrogen and oxygen atoms in total. The predicted molar refractivity (Wildman–Crippen MR) is 113 cm³/mol. The van der Waals surface area contributed by atoms with Crippen molar-refractivity contribution in [2.75, 3.05) is 6.54 Å². The fourth-order valence-electron chi connectivity index (χ4n) is 2.91. The molecule has 0 fully saturated rings. The van der Waals surface area contributed by atoms with E-state index in [0.717, 1.165) is 6.54 Å². The zero-order valence-corrected chi connectivity index (χ0v) is 19.6. The summed E-state index contributed by atoms with van der Waals surface area (Å²) in [6.07, 6.45) is 0.663. The van der Waals surface area contributed by atoms with Gasteiger partial charge >= 0.3 is 0 Å². The van der Waals surface area contributed by atoms with E-state index in [1.165, 1.54) is 0 Å². The molecule has 0 aliphatic heterocycles. The molecule has 0 aliphatic carbocycles. The number of hydrogen-bond acceptors (Lipinski definition) is 2. The first-order valence-electron chi connectivity index (χ1n) is 10.3. The highest BCUT2D eigenvalue weighted by molar-refractivity contribution is 5.78. The molecule has 0 bridgehead atoms. The number of amides is 2. The topological polar surface area (TPSA) is 40.6 Å². The highest BCUT2D eigenvalue weighted by atomic mass is 16.2. The van der Waals surface area contributed by atoms with Crippen LogP contribution in [0.1, 0.15) is 89.5 Å². The average molecular weight is 371 g/mol. The molecule has 0 rings (SSSR count). The highest BCUT2D eigenvalue weighted by Gasteiger charge is 2.21. The second-order valence-corrected chi connectivity index (χ2v) is 9.22. The fraction of sp³-hybridized carbons (Fsp3) is 0.909. The van der Waals surface area contributed by atoms with Crippen molar-refractivity contribution in [3.05, 3.63) is 0 Å². The molecule has 2 amide bonds. The van der Waals surface area contributed by atoms with Gasteiger partial charge < -0.3 is 9.80 Å². The molecule has 0 aliphatic rings. The molecule has 0 N–H and O–H groups in total. The molecular weight excluding hydrogens is 324 g/mol. The second kappa shape index (κ2) is 13.2. The van der Waals surface area contributed by atoms with Crippen molar-refractivity contribution in [1.29, 1.82) is 0 Å². The zero-order chi connectivity index (χ0) is 21.2. The Morgan fingerprint density at radius 3 is 1.31 bits per heavy atom. The lowest BCUT2D eigenvalue weighted by atomic mass is 10.1. The molecule has 0 aromatic rings. The molecule has 0 heterocycles. The van der Waals surface area contributed by atoms with Crippen LogP contribution in [0, 0.1) is 17.8 Å². The largest absolute Gasteiger partial charge is 0.340 e. The molecule has 0 aromatic carbocycles. The molecule has 0 unspecified atom stereocenters. The minimum absolute atomic E-state index is 0.112. The van der Waals surface area contributed by atoms with Crippen LogP contribution >= 0.6 is 0 Å². The van der Waals surface area contributed by atoms with Crippen molar-refractivity contribution >= 4 is 11.8 Å². The molecule has 0 aromatic heterocycles. The van der Waals surface area contributed by atoms with Crippen LogP contribution in [0.4, 0.5) is 0 Å². The number of carbonyl (C=O) groups excluding carboxylic acids is 2. The van der Waals surface area contributed by atoms with Crippen molar-refractivity contribution in [3.8, 4) is 0 Å². The lowest BCUT2D eigenvalue weighted by molar-refractivity contribution is -0.137. The third-order valence-electron chi connectivity index (χ3n) is 3.95. The minimum Gasteiger partial charge on any atom is -0.340 e. The van der Waals surface area contributed by atoms with E-state index in [1.54, 1.807) is 0 Å². The Morgan fingerprint density at radius 2 is 1.08 bits per heavy atom. The molecule has 26 heavy (non-hydrogen) atoms. The number of hydrogen-bond donors (Lipinski definition) is 0. The van der Waals surface area contributed by atoms with Gasteiger partial charge in [-0.25, -0.2) is 0 Å². The molecule has 0 radical (unpaired) electrons. The van der Waals surface area contributed by atoms with Crippen LogP contribution in [-0.4, -0.2) is 46.3 Å². The molecule has 0 atom stereocenters. The summed E-state index contributed by atoms with van der Waals surface area (Å²) in [5.74, 6) is 1.66. The minimum atomic E-state index is 0.112. The highest BCUT2D eigenvalue weighted by Crippen LogP contribution is 2.11. The van der Waals surface area contributed by atoms with Gasteiger partial charge in [0.15, 0.2) is 0 Å². The van der Waals surface area contributed by atoms with Crippen LogP contribution < -0.4 is 0 Å². The third-order valence-corrected chi connectivity index (χ3v) is 3.95. The zero-order valence-electron chi connectivity index (χ0n) is 19.6. The Kier molecular flexibility index (Phi) is 13.7. The van der Waals surface area contributed by atoms with Crippen LogP contribution in [0.3, 0.4) is 0 Å². The quantitative estimate of drug-likeness (QED) is 0.588. The fourth-order valence-corrected chi connectivity index (χ4v) is 2.91. The third kappa shape index (κ3) is 11.5. The molecular formula is C22H46N2O2. The van der Waals surface area contributed by atoms with E-state index in [4.69, 9.17) is 0 Å². The van der Waals surface area contributed by atoms with Gasteiger partial charge in [-0.05, 0) is 53.4 Å². The maximum Gasteiger partial charge on any atom is 0.225 e. The van der Waals surface area contributed by atoms with E-state index in [0.29, 0.717) is 36.4 Å². The molecule has 156 valence electrons. The van der Waals surface area contributed by atoms with Crippen LogP contribution in [0.25, 0.3) is 0 Å². The van der Waals surface area contributed by atoms with Gasteiger partial charge in [-0.2, -0.15) is 0 Å². The summed E-state index contributed by atoms with van der Waals surface area (Å²) in [5.41, 5.74) is 0. The average Bonchev–Trinajstić information content (AvgIpc) is 2.42. The molecule has 0 spiro atoms. The van der Waals surface area contributed by atoms with Crippen LogP contribution in [-0.2, 0) is 9.59 Å². The Hall–Kier alpha value is -1.06. The Bertz CT molecular complexity index is 391. The second-order valence-electron chi connectivity index (χ2n) is 9.22. The summed E-state index contributed by atoms with van der Waals surface area (Å²) in [5, 5.41) is 0. The summed E-state index contributed by atoms with van der Waals surface area (Å²) in [6, 6.07) is 0.940. The first-order valence-corrected chi connectivity index (χ1v) is 10.3. The van der Waals surface area contributed by atoms with E-state index < -0.39 is 0 Å². The summed E-state index contributed by atoms with van der Waals surface area (Å²) < 4.78 is 0. The van der Waals surface area contributed by atoms with Gasteiger partial charge in [0.25, 0.3) is 0 Å². The molecule has 0 saturated carbocycles. The van der Waals surface area contributed by atoms with Gasteiger partial charge in [0.2, 0.25) is 11.8 Å². The first kappa shape index (κ1) is 27.2. The smallest absolute Gasteiger partial charge is 0.225 e. The van der Waals surface area contributed by atoms with E-state index in [9.17, 15) is 9.59 Å². The summed E-state index contributed by atoms with van der Waals surface area (Å²) in [7, 11) is 0. The Balaban J connectivity index is 0. The standard InChI is InChI=1S/2C11H23NO/c1-8(2)7-12(10(5)6)11(13)9(3)4;1-8(2)7-11(13)12(9(3)4)10(5)6/h2*8-10H,7H2,1-6H3.